The maximum Gasteiger partial charge on any atom is 0.245 e. The Labute approximate surface area is 156 Å². The molecule has 0 saturated carbocycles. The minimum absolute atomic E-state index is 0.0158. The van der Waals surface area contributed by atoms with E-state index in [0.717, 1.165) is 37.8 Å². The lowest BCUT2D eigenvalue weighted by Crippen LogP contribution is -2.42. The van der Waals surface area contributed by atoms with Crippen LogP contribution in [0.4, 0.5) is 5.13 Å². The highest BCUT2D eigenvalue weighted by molar-refractivity contribution is 7.13. The summed E-state index contributed by atoms with van der Waals surface area (Å²) in [5.41, 5.74) is 0.888. The summed E-state index contributed by atoms with van der Waals surface area (Å²) in [6, 6.07) is 0. The fourth-order valence-corrected chi connectivity index (χ4v) is 3.34. The summed E-state index contributed by atoms with van der Waals surface area (Å²) >= 11 is 1.41. The van der Waals surface area contributed by atoms with Gasteiger partial charge in [0.15, 0.2) is 5.13 Å². The number of hydrogen-bond donors (Lipinski definition) is 1. The first-order valence-corrected chi connectivity index (χ1v) is 10.3. The Hall–Kier alpha value is -1.43. The largest absolute Gasteiger partial charge is 0.333 e. The van der Waals surface area contributed by atoms with E-state index in [1.165, 1.54) is 11.3 Å². The summed E-state index contributed by atoms with van der Waals surface area (Å²) in [5, 5.41) is 5.30. The van der Waals surface area contributed by atoms with Crippen LogP contribution in [0.15, 0.2) is 5.38 Å². The van der Waals surface area contributed by atoms with Gasteiger partial charge in [-0.15, -0.1) is 11.3 Å². The van der Waals surface area contributed by atoms with Crippen molar-refractivity contribution in [3.63, 3.8) is 0 Å². The highest BCUT2D eigenvalue weighted by Gasteiger charge is 2.24. The van der Waals surface area contributed by atoms with Crippen molar-refractivity contribution in [3.8, 4) is 0 Å². The summed E-state index contributed by atoms with van der Waals surface area (Å²) in [6.07, 6.45) is 4.76. The van der Waals surface area contributed by atoms with Crippen LogP contribution in [0.1, 0.15) is 65.5 Å². The molecular weight excluding hydrogens is 334 g/mol. The number of rotatable bonds is 11. The van der Waals surface area contributed by atoms with Gasteiger partial charge >= 0.3 is 0 Å². The van der Waals surface area contributed by atoms with Gasteiger partial charge in [-0.1, -0.05) is 40.5 Å². The van der Waals surface area contributed by atoms with Crippen molar-refractivity contribution in [1.82, 2.24) is 9.88 Å². The zero-order valence-corrected chi connectivity index (χ0v) is 17.1. The molecule has 0 aliphatic rings. The SMILES string of the molecule is CCCC[C@@H](CC)C(=O)N(CCC(C)C)CC(=O)Nc1nc(C)cs1. The third-order valence-corrected chi connectivity index (χ3v) is 5.11. The number of aryl methyl sites for hydroxylation is 1. The molecule has 0 fully saturated rings. The number of anilines is 1. The van der Waals surface area contributed by atoms with Crippen LogP contribution in [-0.4, -0.2) is 34.8 Å². The number of nitrogens with one attached hydrogen (secondary N) is 1. The number of nitrogens with zero attached hydrogens (tertiary/aromatic N) is 2. The Morgan fingerprint density at radius 2 is 2.00 bits per heavy atom. The molecule has 0 aliphatic heterocycles. The van der Waals surface area contributed by atoms with E-state index in [-0.39, 0.29) is 24.3 Å². The molecule has 2 amide bonds. The molecule has 0 saturated heterocycles. The molecule has 142 valence electrons. The van der Waals surface area contributed by atoms with Gasteiger partial charge in [-0.25, -0.2) is 4.98 Å². The number of carbonyl (C=O) groups excluding carboxylic acids is 2. The Morgan fingerprint density at radius 3 is 2.52 bits per heavy atom. The minimum Gasteiger partial charge on any atom is -0.333 e. The number of thiazole rings is 1. The Bertz CT molecular complexity index is 543. The van der Waals surface area contributed by atoms with Gasteiger partial charge in [0, 0.05) is 17.8 Å². The molecule has 0 radical (unpaired) electrons. The normalized spacial score (nSPS) is 12.2. The Morgan fingerprint density at radius 1 is 1.28 bits per heavy atom. The summed E-state index contributed by atoms with van der Waals surface area (Å²) in [6.45, 7) is 11.1. The molecule has 1 heterocycles. The van der Waals surface area contributed by atoms with Crippen LogP contribution in [0, 0.1) is 18.8 Å². The van der Waals surface area contributed by atoms with Gasteiger partial charge in [-0.2, -0.15) is 0 Å². The first-order valence-electron chi connectivity index (χ1n) is 9.38. The summed E-state index contributed by atoms with van der Waals surface area (Å²) in [4.78, 5) is 31.3. The van der Waals surface area contributed by atoms with Gasteiger partial charge in [-0.3, -0.25) is 9.59 Å². The monoisotopic (exact) mass is 367 g/mol. The molecule has 0 spiro atoms. The molecule has 0 unspecified atom stereocenters. The highest BCUT2D eigenvalue weighted by atomic mass is 32.1. The first kappa shape index (κ1) is 21.6. The van der Waals surface area contributed by atoms with Crippen molar-refractivity contribution >= 4 is 28.3 Å². The van der Waals surface area contributed by atoms with Crippen LogP contribution in [0.2, 0.25) is 0 Å². The quantitative estimate of drug-likeness (QED) is 0.627. The molecule has 1 aromatic heterocycles. The molecule has 1 atom stereocenters. The van der Waals surface area contributed by atoms with Crippen molar-refractivity contribution in [3.05, 3.63) is 11.1 Å². The Balaban J connectivity index is 2.72. The molecule has 25 heavy (non-hydrogen) atoms. The number of unbranched alkanes of at least 4 members (excludes halogenated alkanes) is 1. The average Bonchev–Trinajstić information content (AvgIpc) is 2.96. The van der Waals surface area contributed by atoms with Crippen LogP contribution in [-0.2, 0) is 9.59 Å². The van der Waals surface area contributed by atoms with Crippen molar-refractivity contribution in [2.75, 3.05) is 18.4 Å². The van der Waals surface area contributed by atoms with E-state index in [4.69, 9.17) is 0 Å². The number of hydrogen-bond acceptors (Lipinski definition) is 4. The van der Waals surface area contributed by atoms with E-state index in [9.17, 15) is 9.59 Å². The van der Waals surface area contributed by atoms with Crippen molar-refractivity contribution in [2.24, 2.45) is 11.8 Å². The Kier molecular flexibility index (Phi) is 9.71. The number of aromatic nitrogens is 1. The fourth-order valence-electron chi connectivity index (χ4n) is 2.64. The fraction of sp³-hybridized carbons (Fsp3) is 0.737. The zero-order valence-electron chi connectivity index (χ0n) is 16.3. The molecule has 0 bridgehead atoms. The second-order valence-corrected chi connectivity index (χ2v) is 7.89. The lowest BCUT2D eigenvalue weighted by atomic mass is 9.97. The second kappa shape index (κ2) is 11.2. The lowest BCUT2D eigenvalue weighted by Gasteiger charge is -2.27. The third kappa shape index (κ3) is 7.99. The highest BCUT2D eigenvalue weighted by Crippen LogP contribution is 2.18. The molecule has 5 nitrogen and oxygen atoms in total. The van der Waals surface area contributed by atoms with E-state index in [1.54, 1.807) is 4.90 Å². The van der Waals surface area contributed by atoms with E-state index in [0.29, 0.717) is 17.6 Å². The molecule has 1 rings (SSSR count). The van der Waals surface area contributed by atoms with E-state index in [2.05, 4.69) is 38.0 Å². The summed E-state index contributed by atoms with van der Waals surface area (Å²) in [5.74, 6) is 0.455. The van der Waals surface area contributed by atoms with Crippen molar-refractivity contribution in [1.29, 1.82) is 0 Å². The van der Waals surface area contributed by atoms with Crippen molar-refractivity contribution in [2.45, 2.75) is 66.7 Å². The summed E-state index contributed by atoms with van der Waals surface area (Å²) < 4.78 is 0. The number of amides is 2. The van der Waals surface area contributed by atoms with Gasteiger partial charge < -0.3 is 10.2 Å². The predicted molar refractivity (Wildman–Crippen MR) is 105 cm³/mol. The van der Waals surface area contributed by atoms with Crippen LogP contribution < -0.4 is 5.32 Å². The van der Waals surface area contributed by atoms with Gasteiger partial charge in [0.05, 0.1) is 12.2 Å². The standard InChI is InChI=1S/C19H33N3O2S/c1-6-8-9-16(7-2)18(24)22(11-10-14(3)4)12-17(23)21-19-20-15(5)13-25-19/h13-14,16H,6-12H2,1-5H3,(H,20,21,23)/t16-/m1/s1. The third-order valence-electron chi connectivity index (χ3n) is 4.24. The van der Waals surface area contributed by atoms with Gasteiger partial charge in [-0.05, 0) is 32.1 Å². The maximum atomic E-state index is 12.9. The molecule has 1 aromatic rings. The van der Waals surface area contributed by atoms with E-state index in [1.807, 2.05) is 12.3 Å². The minimum atomic E-state index is -0.170. The molecule has 0 aromatic carbocycles. The van der Waals surface area contributed by atoms with Crippen LogP contribution in [0.25, 0.3) is 0 Å². The second-order valence-electron chi connectivity index (χ2n) is 7.03. The van der Waals surface area contributed by atoms with E-state index >= 15 is 0 Å². The van der Waals surface area contributed by atoms with E-state index < -0.39 is 0 Å². The smallest absolute Gasteiger partial charge is 0.245 e. The molecular formula is C19H33N3O2S. The molecule has 1 N–H and O–H groups in total. The first-order chi connectivity index (χ1) is 11.9. The van der Waals surface area contributed by atoms with Crippen molar-refractivity contribution < 1.29 is 9.59 Å². The van der Waals surface area contributed by atoms with Crippen LogP contribution in [0.5, 0.6) is 0 Å². The molecule has 6 heteroatoms. The number of carbonyl (C=O) groups is 2. The van der Waals surface area contributed by atoms with Gasteiger partial charge in [0.1, 0.15) is 0 Å². The van der Waals surface area contributed by atoms with Crippen LogP contribution in [0.3, 0.4) is 0 Å². The topological polar surface area (TPSA) is 62.3 Å². The van der Waals surface area contributed by atoms with Crippen LogP contribution >= 0.6 is 11.3 Å². The van der Waals surface area contributed by atoms with Gasteiger partial charge in [0.2, 0.25) is 11.8 Å². The zero-order chi connectivity index (χ0) is 18.8. The molecule has 0 aliphatic carbocycles. The predicted octanol–water partition coefficient (Wildman–Crippen LogP) is 4.48. The lowest BCUT2D eigenvalue weighted by molar-refractivity contribution is -0.138. The average molecular weight is 368 g/mol. The maximum absolute atomic E-state index is 12.9. The van der Waals surface area contributed by atoms with Gasteiger partial charge in [0.25, 0.3) is 0 Å². The summed E-state index contributed by atoms with van der Waals surface area (Å²) in [7, 11) is 0.